The van der Waals surface area contributed by atoms with Crippen LogP contribution in [0.2, 0.25) is 0 Å². The van der Waals surface area contributed by atoms with E-state index >= 15 is 0 Å². The molecule has 0 aromatic heterocycles. The third kappa shape index (κ3) is 1.57. The summed E-state index contributed by atoms with van der Waals surface area (Å²) in [5, 5.41) is 0. The normalized spacial score (nSPS) is 33.4. The highest BCUT2D eigenvalue weighted by atomic mass is 15.2. The minimum absolute atomic E-state index is 0.481. The van der Waals surface area contributed by atoms with E-state index < -0.39 is 0 Å². The zero-order chi connectivity index (χ0) is 11.0. The lowest BCUT2D eigenvalue weighted by Crippen LogP contribution is -2.45. The van der Waals surface area contributed by atoms with Gasteiger partial charge in [-0.1, -0.05) is 30.3 Å². The van der Waals surface area contributed by atoms with Crippen molar-refractivity contribution in [3.63, 3.8) is 0 Å². The maximum Gasteiger partial charge on any atom is 0.0234 e. The summed E-state index contributed by atoms with van der Waals surface area (Å²) in [6.45, 7) is 4.44. The number of likely N-dealkylation sites (tertiary alicyclic amines) is 1. The van der Waals surface area contributed by atoms with Gasteiger partial charge in [-0.05, 0) is 36.3 Å². The van der Waals surface area contributed by atoms with Gasteiger partial charge in [0.05, 0.1) is 0 Å². The van der Waals surface area contributed by atoms with E-state index in [1.54, 1.807) is 0 Å². The molecule has 1 saturated heterocycles. The highest BCUT2D eigenvalue weighted by Crippen LogP contribution is 2.51. The number of benzene rings is 1. The molecule has 2 fully saturated rings. The van der Waals surface area contributed by atoms with Crippen molar-refractivity contribution in [2.45, 2.75) is 19.4 Å². The molecule has 2 heteroatoms. The lowest BCUT2D eigenvalue weighted by molar-refractivity contribution is 0.0945. The predicted molar refractivity (Wildman–Crippen MR) is 65.9 cm³/mol. The number of fused-ring (bicyclic) bond motifs is 1. The first-order chi connectivity index (χ1) is 7.82. The van der Waals surface area contributed by atoms with Crippen molar-refractivity contribution >= 4 is 0 Å². The summed E-state index contributed by atoms with van der Waals surface area (Å²) in [7, 11) is 0. The van der Waals surface area contributed by atoms with Gasteiger partial charge in [0.2, 0.25) is 0 Å². The summed E-state index contributed by atoms with van der Waals surface area (Å²) >= 11 is 0. The number of hydrogen-bond acceptors (Lipinski definition) is 2. The Labute approximate surface area is 97.4 Å². The lowest BCUT2D eigenvalue weighted by Gasteiger charge is -2.43. The Morgan fingerprint density at radius 2 is 2.12 bits per heavy atom. The van der Waals surface area contributed by atoms with E-state index in [1.807, 2.05) is 0 Å². The molecule has 2 atom stereocenters. The molecule has 1 aliphatic carbocycles. The fourth-order valence-electron chi connectivity index (χ4n) is 3.37. The first kappa shape index (κ1) is 10.3. The standard InChI is InChI=1S/C14H20N2/c15-10-14-7-6-13(14)9-16(11-14)8-12-4-2-1-3-5-12/h1-5,13H,6-11,15H2/t13-,14+/m0/s1. The Morgan fingerprint density at radius 1 is 1.31 bits per heavy atom. The van der Waals surface area contributed by atoms with Crippen LogP contribution < -0.4 is 5.73 Å². The second-order valence-electron chi connectivity index (χ2n) is 5.46. The predicted octanol–water partition coefficient (Wildman–Crippen LogP) is 1.86. The molecule has 0 unspecified atom stereocenters. The maximum absolute atomic E-state index is 5.94. The van der Waals surface area contributed by atoms with Crippen molar-refractivity contribution in [2.24, 2.45) is 17.1 Å². The molecule has 0 radical (unpaired) electrons. The van der Waals surface area contributed by atoms with Gasteiger partial charge in [-0.2, -0.15) is 0 Å². The van der Waals surface area contributed by atoms with Crippen LogP contribution in [0.4, 0.5) is 0 Å². The molecular weight excluding hydrogens is 196 g/mol. The fraction of sp³-hybridized carbons (Fsp3) is 0.571. The van der Waals surface area contributed by atoms with E-state index in [0.717, 1.165) is 19.0 Å². The second kappa shape index (κ2) is 3.86. The summed E-state index contributed by atoms with van der Waals surface area (Å²) in [6.07, 6.45) is 2.74. The van der Waals surface area contributed by atoms with Crippen LogP contribution in [0.15, 0.2) is 30.3 Å². The molecule has 0 amide bonds. The van der Waals surface area contributed by atoms with Crippen molar-refractivity contribution in [1.29, 1.82) is 0 Å². The first-order valence-electron chi connectivity index (χ1n) is 6.29. The van der Waals surface area contributed by atoms with E-state index in [0.29, 0.717) is 5.41 Å². The molecule has 16 heavy (non-hydrogen) atoms. The summed E-state index contributed by atoms with van der Waals surface area (Å²) in [6, 6.07) is 10.8. The highest BCUT2D eigenvalue weighted by molar-refractivity contribution is 5.15. The minimum atomic E-state index is 0.481. The van der Waals surface area contributed by atoms with Crippen LogP contribution in [-0.4, -0.2) is 24.5 Å². The van der Waals surface area contributed by atoms with Crippen molar-refractivity contribution in [3.05, 3.63) is 35.9 Å². The van der Waals surface area contributed by atoms with Gasteiger partial charge in [-0.15, -0.1) is 0 Å². The van der Waals surface area contributed by atoms with Crippen molar-refractivity contribution in [2.75, 3.05) is 19.6 Å². The number of nitrogens with two attached hydrogens (primary N) is 1. The minimum Gasteiger partial charge on any atom is -0.330 e. The van der Waals surface area contributed by atoms with E-state index in [1.165, 1.54) is 31.5 Å². The van der Waals surface area contributed by atoms with Gasteiger partial charge in [-0.3, -0.25) is 4.90 Å². The van der Waals surface area contributed by atoms with Gasteiger partial charge in [-0.25, -0.2) is 0 Å². The molecule has 2 N–H and O–H groups in total. The topological polar surface area (TPSA) is 29.3 Å². The molecule has 2 nitrogen and oxygen atoms in total. The highest BCUT2D eigenvalue weighted by Gasteiger charge is 2.51. The second-order valence-corrected chi connectivity index (χ2v) is 5.46. The monoisotopic (exact) mass is 216 g/mol. The van der Waals surface area contributed by atoms with Crippen LogP contribution in [0.1, 0.15) is 18.4 Å². The van der Waals surface area contributed by atoms with Gasteiger partial charge in [0.15, 0.2) is 0 Å². The van der Waals surface area contributed by atoms with E-state index in [2.05, 4.69) is 35.2 Å². The lowest BCUT2D eigenvalue weighted by atomic mass is 9.62. The maximum atomic E-state index is 5.94. The first-order valence-corrected chi connectivity index (χ1v) is 6.29. The Hall–Kier alpha value is -0.860. The molecule has 1 aliphatic heterocycles. The zero-order valence-corrected chi connectivity index (χ0v) is 9.73. The van der Waals surface area contributed by atoms with Crippen LogP contribution >= 0.6 is 0 Å². The smallest absolute Gasteiger partial charge is 0.0234 e. The van der Waals surface area contributed by atoms with Crippen LogP contribution in [0.25, 0.3) is 0 Å². The summed E-state index contributed by atoms with van der Waals surface area (Å²) in [4.78, 5) is 2.58. The number of nitrogens with zero attached hydrogens (tertiary/aromatic N) is 1. The number of rotatable bonds is 3. The van der Waals surface area contributed by atoms with Gasteiger partial charge in [0.1, 0.15) is 0 Å². The van der Waals surface area contributed by atoms with Gasteiger partial charge in [0, 0.05) is 19.6 Å². The summed E-state index contributed by atoms with van der Waals surface area (Å²) in [5.74, 6) is 0.876. The number of hydrogen-bond donors (Lipinski definition) is 1. The average Bonchev–Trinajstić information content (AvgIpc) is 2.54. The summed E-state index contributed by atoms with van der Waals surface area (Å²) < 4.78 is 0. The van der Waals surface area contributed by atoms with Crippen LogP contribution in [0.5, 0.6) is 0 Å². The Balaban J connectivity index is 1.66. The third-order valence-corrected chi connectivity index (χ3v) is 4.53. The van der Waals surface area contributed by atoms with Crippen LogP contribution in [0, 0.1) is 11.3 Å². The average molecular weight is 216 g/mol. The van der Waals surface area contributed by atoms with E-state index in [9.17, 15) is 0 Å². The Bertz CT molecular complexity index is 358. The molecule has 0 bridgehead atoms. The van der Waals surface area contributed by atoms with Crippen LogP contribution in [-0.2, 0) is 6.54 Å². The molecule has 2 aliphatic rings. The molecule has 3 rings (SSSR count). The molecule has 1 aromatic carbocycles. The van der Waals surface area contributed by atoms with Crippen LogP contribution in [0.3, 0.4) is 0 Å². The zero-order valence-electron chi connectivity index (χ0n) is 9.73. The van der Waals surface area contributed by atoms with E-state index in [4.69, 9.17) is 5.73 Å². The Kier molecular flexibility index (Phi) is 2.49. The molecule has 86 valence electrons. The van der Waals surface area contributed by atoms with Gasteiger partial charge in [0.25, 0.3) is 0 Å². The van der Waals surface area contributed by atoms with Crippen molar-refractivity contribution in [3.8, 4) is 0 Å². The molecule has 1 heterocycles. The van der Waals surface area contributed by atoms with E-state index in [-0.39, 0.29) is 0 Å². The van der Waals surface area contributed by atoms with Crippen molar-refractivity contribution in [1.82, 2.24) is 4.90 Å². The van der Waals surface area contributed by atoms with Gasteiger partial charge < -0.3 is 5.73 Å². The molecule has 0 spiro atoms. The SMILES string of the molecule is NC[C@@]12CC[C@H]1CN(Cc1ccccc1)C2. The largest absolute Gasteiger partial charge is 0.330 e. The van der Waals surface area contributed by atoms with Crippen molar-refractivity contribution < 1.29 is 0 Å². The quantitative estimate of drug-likeness (QED) is 0.835. The Morgan fingerprint density at radius 3 is 2.69 bits per heavy atom. The summed E-state index contributed by atoms with van der Waals surface area (Å²) in [5.41, 5.74) is 7.85. The molecule has 1 aromatic rings. The van der Waals surface area contributed by atoms with Gasteiger partial charge >= 0.3 is 0 Å². The third-order valence-electron chi connectivity index (χ3n) is 4.53. The molecule has 1 saturated carbocycles. The molecular formula is C14H20N2. The fourth-order valence-corrected chi connectivity index (χ4v) is 3.37.